The lowest BCUT2D eigenvalue weighted by atomic mass is 10.2. The first kappa shape index (κ1) is 17.4. The number of nitrogens with one attached hydrogen (secondary N) is 2. The average Bonchev–Trinajstić information content (AvgIpc) is 2.61. The fraction of sp³-hybridized carbons (Fsp3) is 0.294. The van der Waals surface area contributed by atoms with E-state index in [1.54, 1.807) is 31.3 Å². The van der Waals surface area contributed by atoms with Gasteiger partial charge in [-0.2, -0.15) is 5.10 Å². The first-order valence-corrected chi connectivity index (χ1v) is 7.76. The summed E-state index contributed by atoms with van der Waals surface area (Å²) < 4.78 is 1.30. The molecule has 126 valence electrons. The molecule has 2 amide bonds. The highest BCUT2D eigenvalue weighted by Crippen LogP contribution is 2.10. The van der Waals surface area contributed by atoms with Crippen molar-refractivity contribution in [1.82, 2.24) is 15.1 Å². The highest BCUT2D eigenvalue weighted by atomic mass is 16.2. The summed E-state index contributed by atoms with van der Waals surface area (Å²) in [5.74, 6) is -0.606. The number of aryl methyl sites for hydroxylation is 1. The Bertz CT molecular complexity index is 781. The molecule has 0 spiro atoms. The van der Waals surface area contributed by atoms with Crippen molar-refractivity contribution in [2.24, 2.45) is 0 Å². The van der Waals surface area contributed by atoms with E-state index in [4.69, 9.17) is 0 Å². The van der Waals surface area contributed by atoms with Crippen LogP contribution in [0.5, 0.6) is 0 Å². The Morgan fingerprint density at radius 3 is 2.42 bits per heavy atom. The van der Waals surface area contributed by atoms with E-state index in [0.29, 0.717) is 17.8 Å². The van der Waals surface area contributed by atoms with E-state index in [9.17, 15) is 14.4 Å². The van der Waals surface area contributed by atoms with E-state index in [-0.39, 0.29) is 17.2 Å². The maximum Gasteiger partial charge on any atom is 0.276 e. The molecule has 0 radical (unpaired) electrons. The Hall–Kier alpha value is -2.96. The van der Waals surface area contributed by atoms with Crippen LogP contribution in [-0.4, -0.2) is 28.6 Å². The van der Waals surface area contributed by atoms with Crippen LogP contribution in [-0.2, 0) is 6.54 Å². The van der Waals surface area contributed by atoms with Gasteiger partial charge in [-0.25, -0.2) is 4.68 Å². The lowest BCUT2D eigenvalue weighted by Crippen LogP contribution is -2.26. The summed E-state index contributed by atoms with van der Waals surface area (Å²) in [6, 6.07) is 9.24. The third-order valence-corrected chi connectivity index (χ3v) is 3.45. The molecule has 1 aromatic carbocycles. The molecule has 0 aliphatic rings. The molecule has 24 heavy (non-hydrogen) atoms. The molecule has 1 heterocycles. The highest BCUT2D eigenvalue weighted by Gasteiger charge is 2.10. The van der Waals surface area contributed by atoms with Crippen LogP contribution in [0.3, 0.4) is 0 Å². The lowest BCUT2D eigenvalue weighted by Gasteiger charge is -2.08. The second-order valence-corrected chi connectivity index (χ2v) is 5.24. The van der Waals surface area contributed by atoms with Crippen LogP contribution in [0, 0.1) is 0 Å². The van der Waals surface area contributed by atoms with Crippen molar-refractivity contribution in [3.63, 3.8) is 0 Å². The Balaban J connectivity index is 2.12. The molecule has 7 heteroatoms. The second kappa shape index (κ2) is 8.05. The van der Waals surface area contributed by atoms with Gasteiger partial charge in [-0.15, -0.1) is 0 Å². The summed E-state index contributed by atoms with van der Waals surface area (Å²) >= 11 is 0. The number of anilines is 1. The third-order valence-electron chi connectivity index (χ3n) is 3.45. The predicted molar refractivity (Wildman–Crippen MR) is 91.2 cm³/mol. The number of aromatic nitrogens is 2. The van der Waals surface area contributed by atoms with Crippen LogP contribution in [0.4, 0.5) is 5.69 Å². The van der Waals surface area contributed by atoms with Gasteiger partial charge in [-0.1, -0.05) is 13.3 Å². The Labute approximate surface area is 139 Å². The van der Waals surface area contributed by atoms with Gasteiger partial charge in [-0.05, 0) is 36.8 Å². The maximum absolute atomic E-state index is 12.3. The number of carbonyl (C=O) groups excluding carboxylic acids is 2. The van der Waals surface area contributed by atoms with Crippen molar-refractivity contribution >= 4 is 17.5 Å². The summed E-state index contributed by atoms with van der Waals surface area (Å²) in [6.45, 7) is 2.50. The Morgan fingerprint density at radius 2 is 1.79 bits per heavy atom. The zero-order valence-corrected chi connectivity index (χ0v) is 13.7. The van der Waals surface area contributed by atoms with E-state index >= 15 is 0 Å². The monoisotopic (exact) mass is 328 g/mol. The molecular weight excluding hydrogens is 308 g/mol. The van der Waals surface area contributed by atoms with Crippen molar-refractivity contribution in [2.45, 2.75) is 26.3 Å². The zero-order valence-electron chi connectivity index (χ0n) is 13.7. The molecule has 2 N–H and O–H groups in total. The summed E-state index contributed by atoms with van der Waals surface area (Å²) in [4.78, 5) is 35.5. The van der Waals surface area contributed by atoms with Crippen LogP contribution in [0.2, 0.25) is 0 Å². The van der Waals surface area contributed by atoms with Gasteiger partial charge >= 0.3 is 0 Å². The first-order chi connectivity index (χ1) is 11.5. The van der Waals surface area contributed by atoms with Crippen molar-refractivity contribution in [3.8, 4) is 0 Å². The summed E-state index contributed by atoms with van der Waals surface area (Å²) in [5.41, 5.74) is 0.985. The molecule has 0 bridgehead atoms. The van der Waals surface area contributed by atoms with Gasteiger partial charge in [0.2, 0.25) is 0 Å². The number of hydrogen-bond donors (Lipinski definition) is 2. The lowest BCUT2D eigenvalue weighted by molar-refractivity contribution is 0.0962. The van der Waals surface area contributed by atoms with Crippen molar-refractivity contribution in [2.75, 3.05) is 12.4 Å². The van der Waals surface area contributed by atoms with Crippen LogP contribution < -0.4 is 16.2 Å². The van der Waals surface area contributed by atoms with Crippen LogP contribution in [0.1, 0.15) is 40.6 Å². The fourth-order valence-corrected chi connectivity index (χ4v) is 2.08. The Kier molecular flexibility index (Phi) is 5.83. The molecule has 1 aromatic heterocycles. The fourth-order valence-electron chi connectivity index (χ4n) is 2.08. The molecule has 0 unspecified atom stereocenters. The van der Waals surface area contributed by atoms with Gasteiger partial charge in [0.1, 0.15) is 5.69 Å². The first-order valence-electron chi connectivity index (χ1n) is 7.76. The molecule has 0 fully saturated rings. The molecule has 0 aliphatic carbocycles. The highest BCUT2D eigenvalue weighted by molar-refractivity contribution is 6.03. The molecule has 0 atom stereocenters. The van der Waals surface area contributed by atoms with Crippen molar-refractivity contribution in [1.29, 1.82) is 0 Å². The minimum Gasteiger partial charge on any atom is -0.355 e. The quantitative estimate of drug-likeness (QED) is 0.843. The number of amides is 2. The molecular formula is C17H20N4O3. The topological polar surface area (TPSA) is 93.1 Å². The van der Waals surface area contributed by atoms with E-state index in [0.717, 1.165) is 12.8 Å². The number of unbranched alkanes of at least 4 members (excludes halogenated alkanes) is 1. The van der Waals surface area contributed by atoms with E-state index < -0.39 is 5.91 Å². The molecule has 0 saturated heterocycles. The van der Waals surface area contributed by atoms with Crippen molar-refractivity contribution < 1.29 is 9.59 Å². The van der Waals surface area contributed by atoms with Gasteiger partial charge in [-0.3, -0.25) is 14.4 Å². The summed E-state index contributed by atoms with van der Waals surface area (Å²) in [5, 5.41) is 9.32. The standard InChI is InChI=1S/C17H20N4O3/c1-3-4-11-21-15(22)10-9-14(20-21)17(24)19-13-7-5-12(6-8-13)16(23)18-2/h5-10H,3-4,11H2,1-2H3,(H,18,23)(H,19,24). The average molecular weight is 328 g/mol. The Morgan fingerprint density at radius 1 is 1.08 bits per heavy atom. The number of benzene rings is 1. The smallest absolute Gasteiger partial charge is 0.276 e. The van der Waals surface area contributed by atoms with E-state index in [1.165, 1.54) is 16.8 Å². The summed E-state index contributed by atoms with van der Waals surface area (Å²) in [6.07, 6.45) is 1.75. The SMILES string of the molecule is CCCCn1nc(C(=O)Nc2ccc(C(=O)NC)cc2)ccc1=O. The molecule has 7 nitrogen and oxygen atoms in total. The second-order valence-electron chi connectivity index (χ2n) is 5.24. The van der Waals surface area contributed by atoms with Gasteiger partial charge in [0.15, 0.2) is 0 Å². The van der Waals surface area contributed by atoms with Gasteiger partial charge < -0.3 is 10.6 Å². The van der Waals surface area contributed by atoms with Gasteiger partial charge in [0, 0.05) is 30.9 Å². The molecule has 0 saturated carbocycles. The maximum atomic E-state index is 12.3. The number of rotatable bonds is 6. The molecule has 2 rings (SSSR count). The number of hydrogen-bond acceptors (Lipinski definition) is 4. The molecule has 2 aromatic rings. The molecule has 0 aliphatic heterocycles. The van der Waals surface area contributed by atoms with Crippen LogP contribution in [0.15, 0.2) is 41.2 Å². The van der Waals surface area contributed by atoms with Gasteiger partial charge in [0.25, 0.3) is 17.4 Å². The number of nitrogens with zero attached hydrogens (tertiary/aromatic N) is 2. The minimum absolute atomic E-state index is 0.168. The third kappa shape index (κ3) is 4.28. The van der Waals surface area contributed by atoms with E-state index in [1.807, 2.05) is 6.92 Å². The number of carbonyl (C=O) groups is 2. The largest absolute Gasteiger partial charge is 0.355 e. The minimum atomic E-state index is -0.409. The van der Waals surface area contributed by atoms with Crippen LogP contribution >= 0.6 is 0 Å². The van der Waals surface area contributed by atoms with E-state index in [2.05, 4.69) is 15.7 Å². The van der Waals surface area contributed by atoms with Crippen LogP contribution in [0.25, 0.3) is 0 Å². The zero-order chi connectivity index (χ0) is 17.5. The predicted octanol–water partition coefficient (Wildman–Crippen LogP) is 1.66. The van der Waals surface area contributed by atoms with Gasteiger partial charge in [0.05, 0.1) is 0 Å². The van der Waals surface area contributed by atoms with Crippen molar-refractivity contribution in [3.05, 3.63) is 58.0 Å². The summed E-state index contributed by atoms with van der Waals surface area (Å²) in [7, 11) is 1.55. The normalized spacial score (nSPS) is 10.2.